The predicted octanol–water partition coefficient (Wildman–Crippen LogP) is 9.18. The second kappa shape index (κ2) is 49.3. The molecule has 0 radical (unpaired) electrons. The molecule has 0 aliphatic carbocycles. The maximum Gasteiger partial charge on any atom is 0.222 e. The molecule has 0 aliphatic heterocycles. The number of rotatable bonds is 55. The molecule has 0 bridgehead atoms. The molecular weight excluding hydrogens is 933 g/mol. The summed E-state index contributed by atoms with van der Waals surface area (Å²) in [6.45, 7) is 13.2. The lowest BCUT2D eigenvalue weighted by molar-refractivity contribution is -0.128. The minimum atomic E-state index is -0.594. The Balaban J connectivity index is 3.80. The number of nitrogens with one attached hydrogen (secondary N) is 3. The second-order valence-corrected chi connectivity index (χ2v) is 20.8. The zero-order valence-electron chi connectivity index (χ0n) is 46.6. The first-order valence-electron chi connectivity index (χ1n) is 28.6. The van der Waals surface area contributed by atoms with Crippen LogP contribution in [0.25, 0.3) is 0 Å². The van der Waals surface area contributed by atoms with E-state index < -0.39 is 17.9 Å². The van der Waals surface area contributed by atoms with Crippen LogP contribution in [0.2, 0.25) is 0 Å². The van der Waals surface area contributed by atoms with Gasteiger partial charge in [0.05, 0.1) is 45.7 Å². The van der Waals surface area contributed by atoms with Crippen molar-refractivity contribution in [2.24, 2.45) is 23.5 Å². The molecule has 4 amide bonds. The van der Waals surface area contributed by atoms with Crippen molar-refractivity contribution in [1.82, 2.24) is 16.0 Å². The van der Waals surface area contributed by atoms with E-state index in [1.54, 1.807) is 6.92 Å². The molecule has 424 valence electrons. The summed E-state index contributed by atoms with van der Waals surface area (Å²) in [5.41, 5.74) is 5.61. The number of ether oxygens (including phenoxy) is 4. The molecule has 16 nitrogen and oxygen atoms in total. The molecule has 0 aromatic rings. The van der Waals surface area contributed by atoms with Gasteiger partial charge in [0.15, 0.2) is 5.78 Å². The number of Topliss-reactive ketones (excluding diaryl/α,β-unsaturated/α-hetero) is 4. The fourth-order valence-corrected chi connectivity index (χ4v) is 8.30. The zero-order valence-corrected chi connectivity index (χ0v) is 46.6. The molecule has 16 heteroatoms. The van der Waals surface area contributed by atoms with Gasteiger partial charge in [-0.25, -0.2) is 0 Å². The maximum atomic E-state index is 13.0. The molecule has 2 unspecified atom stereocenters. The summed E-state index contributed by atoms with van der Waals surface area (Å²) >= 11 is 0. The molecule has 0 heterocycles. The van der Waals surface area contributed by atoms with E-state index in [2.05, 4.69) is 16.0 Å². The van der Waals surface area contributed by atoms with Gasteiger partial charge in [-0.15, -0.1) is 0 Å². The Morgan fingerprint density at radius 1 is 0.397 bits per heavy atom. The summed E-state index contributed by atoms with van der Waals surface area (Å²) in [6, 6.07) is -0.594. The van der Waals surface area contributed by atoms with Crippen LogP contribution in [-0.4, -0.2) is 119 Å². The monoisotopic (exact) mass is 1040 g/mol. The van der Waals surface area contributed by atoms with Crippen LogP contribution in [0.5, 0.6) is 0 Å². The number of primary amides is 1. The molecule has 0 rings (SSSR count). The number of unbranched alkanes of at least 4 members (excludes halogenated alkanes) is 14. The van der Waals surface area contributed by atoms with Crippen LogP contribution in [0, 0.1) is 17.8 Å². The Labute approximate surface area is 441 Å². The summed E-state index contributed by atoms with van der Waals surface area (Å²) in [4.78, 5) is 97.3. The van der Waals surface area contributed by atoms with Crippen molar-refractivity contribution in [1.29, 1.82) is 0 Å². The Morgan fingerprint density at radius 3 is 1.38 bits per heavy atom. The lowest BCUT2D eigenvalue weighted by Crippen LogP contribution is -2.41. The summed E-state index contributed by atoms with van der Waals surface area (Å²) < 4.78 is 22.2. The number of hydrogen-bond acceptors (Lipinski definition) is 12. The lowest BCUT2D eigenvalue weighted by Gasteiger charge is -2.19. The van der Waals surface area contributed by atoms with Gasteiger partial charge in [-0.3, -0.25) is 33.6 Å². The standard InChI is InChI=1S/C57H104N4O12/c1-46(2)43-55(67)60-34-22-29-52(61-56(68)44-47(3)4)53(65)30-24-36-71-39-41-72-37-31-50(63)28-23-35-70-40-42-73-38-32-54(66)59-33-21-20-26-49(57(58)69)45-51(64)27-19-17-15-13-11-9-7-6-8-10-12-14-16-18-25-48(5)62/h46-47,49,52H,6-45H2,1-5H3,(H2,58,69)(H,59,66)(H,60,67)(H,61,68). The fraction of sp³-hybridized carbons (Fsp3) is 0.860. The van der Waals surface area contributed by atoms with Crippen LogP contribution < -0.4 is 21.7 Å². The van der Waals surface area contributed by atoms with E-state index in [0.717, 1.165) is 32.1 Å². The van der Waals surface area contributed by atoms with Gasteiger partial charge >= 0.3 is 0 Å². The van der Waals surface area contributed by atoms with Gasteiger partial charge in [0.25, 0.3) is 0 Å². The van der Waals surface area contributed by atoms with Gasteiger partial charge in [-0.1, -0.05) is 111 Å². The van der Waals surface area contributed by atoms with E-state index >= 15 is 0 Å². The number of ketones is 4. The molecule has 0 aromatic carbocycles. The third kappa shape index (κ3) is 49.1. The average Bonchev–Trinajstić information content (AvgIpc) is 3.32. The number of carbonyl (C=O) groups excluding carboxylic acids is 8. The Kier molecular flexibility index (Phi) is 46.9. The zero-order chi connectivity index (χ0) is 54.2. The quantitative estimate of drug-likeness (QED) is 0.0418. The average molecular weight is 1040 g/mol. The van der Waals surface area contributed by atoms with Gasteiger partial charge in [0.2, 0.25) is 23.6 Å². The van der Waals surface area contributed by atoms with Crippen molar-refractivity contribution in [2.45, 2.75) is 233 Å². The molecule has 0 aromatic heterocycles. The molecule has 73 heavy (non-hydrogen) atoms. The lowest BCUT2D eigenvalue weighted by atomic mass is 9.93. The molecule has 0 aliphatic rings. The fourth-order valence-electron chi connectivity index (χ4n) is 8.30. The first-order valence-corrected chi connectivity index (χ1v) is 28.6. The van der Waals surface area contributed by atoms with Crippen molar-refractivity contribution in [3.8, 4) is 0 Å². The first-order chi connectivity index (χ1) is 35.1. The van der Waals surface area contributed by atoms with E-state index in [1.807, 2.05) is 27.7 Å². The van der Waals surface area contributed by atoms with Crippen LogP contribution in [0.15, 0.2) is 0 Å². The van der Waals surface area contributed by atoms with Crippen LogP contribution >= 0.6 is 0 Å². The summed E-state index contributed by atoms with van der Waals surface area (Å²) in [7, 11) is 0. The van der Waals surface area contributed by atoms with Crippen LogP contribution in [0.1, 0.15) is 227 Å². The van der Waals surface area contributed by atoms with Gasteiger partial charge in [-0.05, 0) is 70.1 Å². The Morgan fingerprint density at radius 2 is 0.849 bits per heavy atom. The maximum absolute atomic E-state index is 13.0. The Hall–Kier alpha value is -3.60. The highest BCUT2D eigenvalue weighted by molar-refractivity contribution is 5.89. The van der Waals surface area contributed by atoms with Gasteiger partial charge in [-0.2, -0.15) is 0 Å². The number of nitrogens with two attached hydrogens (primary N) is 1. The van der Waals surface area contributed by atoms with Crippen LogP contribution in [0.3, 0.4) is 0 Å². The molecule has 0 spiro atoms. The topological polar surface area (TPSA) is 236 Å². The second-order valence-electron chi connectivity index (χ2n) is 20.8. The van der Waals surface area contributed by atoms with Crippen LogP contribution in [-0.2, 0) is 57.3 Å². The van der Waals surface area contributed by atoms with Gasteiger partial charge < -0.3 is 45.4 Å². The van der Waals surface area contributed by atoms with E-state index in [9.17, 15) is 38.4 Å². The summed E-state index contributed by atoms with van der Waals surface area (Å²) in [5, 5.41) is 8.63. The molecule has 0 fully saturated rings. The Bertz CT molecular complexity index is 1480. The number of hydrogen-bond donors (Lipinski definition) is 4. The normalized spacial score (nSPS) is 12.2. The molecule has 5 N–H and O–H groups in total. The molecular formula is C57H104N4O12. The minimum Gasteiger partial charge on any atom is -0.379 e. The SMILES string of the molecule is CC(=O)CCCCCCCCCCCCCCCCC(=O)CC(CCCCNC(=O)CCOCCOCCCC(=O)CCOCCOCCCC(=O)C(CCCNC(=O)CC(C)C)NC(=O)CC(C)C)C(N)=O. The number of amides is 4. The highest BCUT2D eigenvalue weighted by Gasteiger charge is 2.21. The minimum absolute atomic E-state index is 0.0129. The third-order valence-electron chi connectivity index (χ3n) is 12.5. The van der Waals surface area contributed by atoms with Crippen molar-refractivity contribution in [3.63, 3.8) is 0 Å². The first kappa shape index (κ1) is 69.4. The van der Waals surface area contributed by atoms with Crippen LogP contribution in [0.4, 0.5) is 0 Å². The van der Waals surface area contributed by atoms with E-state index in [1.165, 1.54) is 64.2 Å². The van der Waals surface area contributed by atoms with Gasteiger partial charge in [0.1, 0.15) is 17.3 Å². The number of carbonyl (C=O) groups is 8. The molecule has 0 saturated heterocycles. The summed E-state index contributed by atoms with van der Waals surface area (Å²) in [5.74, 6) is -0.313. The predicted molar refractivity (Wildman–Crippen MR) is 288 cm³/mol. The largest absolute Gasteiger partial charge is 0.379 e. The van der Waals surface area contributed by atoms with E-state index in [-0.39, 0.29) is 72.8 Å². The van der Waals surface area contributed by atoms with E-state index in [4.69, 9.17) is 24.7 Å². The highest BCUT2D eigenvalue weighted by Crippen LogP contribution is 2.17. The van der Waals surface area contributed by atoms with E-state index in [0.29, 0.717) is 142 Å². The van der Waals surface area contributed by atoms with Crippen molar-refractivity contribution in [2.75, 3.05) is 65.9 Å². The smallest absolute Gasteiger partial charge is 0.222 e. The highest BCUT2D eigenvalue weighted by atomic mass is 16.5. The summed E-state index contributed by atoms with van der Waals surface area (Å²) in [6.07, 6.45) is 24.1. The van der Waals surface area contributed by atoms with Gasteiger partial charge in [0, 0.05) is 90.0 Å². The van der Waals surface area contributed by atoms with Crippen molar-refractivity contribution < 1.29 is 57.3 Å². The molecule has 2 atom stereocenters. The van der Waals surface area contributed by atoms with Crippen molar-refractivity contribution >= 4 is 46.8 Å². The third-order valence-corrected chi connectivity index (χ3v) is 12.5. The van der Waals surface area contributed by atoms with Crippen molar-refractivity contribution in [3.05, 3.63) is 0 Å². The molecule has 0 saturated carbocycles.